The van der Waals surface area contributed by atoms with Crippen LogP contribution in [0.5, 0.6) is 0 Å². The molecule has 0 aromatic rings. The lowest BCUT2D eigenvalue weighted by molar-refractivity contribution is -0.129. The standard InChI is InChI=1S/C90H177N15O10/c1-2-3-4-5-6-11-20-30-39-63-82(107)102-77(58-44-49-68-92)87(112)97-73-54-35-26-17-8-13-22-32-41-65-84(109)104-79(60-46-51-70-94)89(114)99-75-56-37-28-19-10-15-24-33-42-66-85(110)105-80(61-47-52-71-95)90(115)100-74-55-36-27-18-9-14-23-31-40-64-83(108)103-78(59-45-50-69-93)88(113)98-72-53-34-25-16-7-12-21-29-38-62-81(106)101-76(86(96)111)57-43-48-67-91/h76-80H,2-75,91-95H2,1H3,(H2,96,111)(H,97,112)(H,98,113)(H,99,114)(H,100,115)(H,101,106)(H,102,107)(H,103,108)(H,104,109)(H,105,110)/t76-,77-,78-,79-,80-/m0/s1. The third-order valence-electron chi connectivity index (χ3n) is 22.0. The fraction of sp³-hybridized carbons (Fsp3) is 0.889. The van der Waals surface area contributed by atoms with Crippen LogP contribution in [-0.2, 0) is 47.9 Å². The number of hydrogen-bond acceptors (Lipinski definition) is 15. The van der Waals surface area contributed by atoms with Crippen LogP contribution in [0.2, 0.25) is 0 Å². The van der Waals surface area contributed by atoms with Crippen molar-refractivity contribution in [2.45, 2.75) is 454 Å². The molecule has 0 aliphatic rings. The average Bonchev–Trinajstić information content (AvgIpc) is 0.816. The zero-order valence-corrected chi connectivity index (χ0v) is 73.3. The smallest absolute Gasteiger partial charge is 0.242 e. The zero-order valence-electron chi connectivity index (χ0n) is 73.3. The van der Waals surface area contributed by atoms with Crippen molar-refractivity contribution in [3.63, 3.8) is 0 Å². The van der Waals surface area contributed by atoms with E-state index in [1.807, 2.05) is 0 Å². The van der Waals surface area contributed by atoms with Crippen molar-refractivity contribution in [2.24, 2.45) is 34.4 Å². The summed E-state index contributed by atoms with van der Waals surface area (Å²) in [6.07, 6.45) is 60.3. The van der Waals surface area contributed by atoms with Crippen molar-refractivity contribution in [1.82, 2.24) is 47.9 Å². The highest BCUT2D eigenvalue weighted by Gasteiger charge is 2.25. The van der Waals surface area contributed by atoms with Crippen molar-refractivity contribution in [3.05, 3.63) is 0 Å². The predicted molar refractivity (Wildman–Crippen MR) is 472 cm³/mol. The number of carbonyl (C=O) groups is 10. The van der Waals surface area contributed by atoms with Crippen LogP contribution < -0.4 is 82.3 Å². The van der Waals surface area contributed by atoms with Crippen molar-refractivity contribution in [1.29, 1.82) is 0 Å². The second-order valence-electron chi connectivity index (χ2n) is 32.9. The van der Waals surface area contributed by atoms with E-state index in [4.69, 9.17) is 34.4 Å². The Morgan fingerprint density at radius 2 is 0.357 bits per heavy atom. The molecule has 0 aromatic carbocycles. The summed E-state index contributed by atoms with van der Waals surface area (Å²) >= 11 is 0. The Balaban J connectivity index is 4.25. The summed E-state index contributed by atoms with van der Waals surface area (Å²) < 4.78 is 0. The number of nitrogens with two attached hydrogens (primary N) is 6. The molecule has 0 spiro atoms. The molecule has 0 aliphatic heterocycles. The molecule has 0 radical (unpaired) electrons. The highest BCUT2D eigenvalue weighted by molar-refractivity contribution is 5.90. The topological polar surface area (TPSA) is 435 Å². The van der Waals surface area contributed by atoms with E-state index in [-0.39, 0.29) is 53.2 Å². The SMILES string of the molecule is CCCCCCCCCCCC(=O)N[C@@H](CCCCN)C(=O)NCCCCCCCCCCCC(=O)N[C@@H](CCCCN)C(=O)NCCCCCCCCCCCC(=O)N[C@@H](CCCCN)C(=O)NCCCCCCCCCCCC(=O)N[C@@H](CCCCN)C(=O)NCCCCCCCCCCCC(=O)N[C@@H](CCCCN)C(N)=O. The summed E-state index contributed by atoms with van der Waals surface area (Å²) in [5.74, 6) is -1.38. The van der Waals surface area contributed by atoms with Gasteiger partial charge >= 0.3 is 0 Å². The van der Waals surface area contributed by atoms with Gasteiger partial charge in [0, 0.05) is 58.3 Å². The summed E-state index contributed by atoms with van der Waals surface area (Å²) in [5.41, 5.74) is 34.0. The third-order valence-corrected chi connectivity index (χ3v) is 22.0. The van der Waals surface area contributed by atoms with Gasteiger partial charge in [-0.25, -0.2) is 0 Å². The highest BCUT2D eigenvalue weighted by atomic mass is 16.2. The molecule has 21 N–H and O–H groups in total. The van der Waals surface area contributed by atoms with Gasteiger partial charge in [-0.05, 0) is 187 Å². The second-order valence-corrected chi connectivity index (χ2v) is 32.9. The molecule has 25 nitrogen and oxygen atoms in total. The lowest BCUT2D eigenvalue weighted by Gasteiger charge is -2.18. The van der Waals surface area contributed by atoms with Gasteiger partial charge in [0.1, 0.15) is 30.2 Å². The van der Waals surface area contributed by atoms with E-state index in [1.165, 1.54) is 38.5 Å². The maximum absolute atomic E-state index is 13.3. The molecule has 0 saturated carbocycles. The lowest BCUT2D eigenvalue weighted by atomic mass is 10.0. The summed E-state index contributed by atoms with van der Waals surface area (Å²) in [4.78, 5) is 128. The number of carbonyl (C=O) groups excluding carboxylic acids is 10. The van der Waals surface area contributed by atoms with E-state index in [2.05, 4.69) is 54.8 Å². The first-order valence-electron chi connectivity index (χ1n) is 47.4. The van der Waals surface area contributed by atoms with Gasteiger partial charge in [-0.15, -0.1) is 0 Å². The molecule has 0 heterocycles. The van der Waals surface area contributed by atoms with E-state index in [9.17, 15) is 47.9 Å². The highest BCUT2D eigenvalue weighted by Crippen LogP contribution is 2.18. The molecule has 115 heavy (non-hydrogen) atoms. The molecule has 0 saturated heterocycles. The van der Waals surface area contributed by atoms with Crippen LogP contribution in [0.15, 0.2) is 0 Å². The van der Waals surface area contributed by atoms with Crippen LogP contribution in [0.25, 0.3) is 0 Å². The van der Waals surface area contributed by atoms with E-state index >= 15 is 0 Å². The first kappa shape index (κ1) is 110. The van der Waals surface area contributed by atoms with Gasteiger partial charge in [0.25, 0.3) is 0 Å². The van der Waals surface area contributed by atoms with Crippen LogP contribution in [0.3, 0.4) is 0 Å². The lowest BCUT2D eigenvalue weighted by Crippen LogP contribution is -2.47. The Bertz CT molecular complexity index is 2380. The summed E-state index contributed by atoms with van der Waals surface area (Å²) in [6.45, 7) is 7.33. The summed E-state index contributed by atoms with van der Waals surface area (Å²) in [5, 5.41) is 27.1. The van der Waals surface area contributed by atoms with Crippen molar-refractivity contribution in [3.8, 4) is 0 Å². The Morgan fingerprint density at radius 1 is 0.200 bits per heavy atom. The largest absolute Gasteiger partial charge is 0.368 e. The molecular weight excluding hydrogens is 1450 g/mol. The van der Waals surface area contributed by atoms with E-state index in [0.29, 0.717) is 123 Å². The molecule has 672 valence electrons. The first-order valence-corrected chi connectivity index (χ1v) is 47.4. The zero-order chi connectivity index (χ0) is 84.4. The van der Waals surface area contributed by atoms with Gasteiger partial charge in [-0.3, -0.25) is 47.9 Å². The number of hydrogen-bond donors (Lipinski definition) is 15. The maximum Gasteiger partial charge on any atom is 0.242 e. The van der Waals surface area contributed by atoms with Crippen LogP contribution in [0.1, 0.15) is 424 Å². The second kappa shape index (κ2) is 83.6. The van der Waals surface area contributed by atoms with Crippen molar-refractivity contribution >= 4 is 59.1 Å². The van der Waals surface area contributed by atoms with Gasteiger partial charge in [0.05, 0.1) is 0 Å². The Kier molecular flexibility index (Phi) is 79.6. The normalized spacial score (nSPS) is 12.6. The van der Waals surface area contributed by atoms with Gasteiger partial charge in [0.2, 0.25) is 59.1 Å². The van der Waals surface area contributed by atoms with Gasteiger partial charge in [-0.1, -0.05) is 238 Å². The van der Waals surface area contributed by atoms with Crippen molar-refractivity contribution in [2.75, 3.05) is 58.9 Å². The fourth-order valence-corrected chi connectivity index (χ4v) is 14.7. The number of unbranched alkanes of at least 4 members (excludes halogenated alkanes) is 45. The molecule has 0 aromatic heterocycles. The molecule has 0 rings (SSSR count). The van der Waals surface area contributed by atoms with Gasteiger partial charge in [-0.2, -0.15) is 0 Å². The minimum atomic E-state index is -0.629. The summed E-state index contributed by atoms with van der Waals surface area (Å²) in [6, 6.07) is -2.80. The van der Waals surface area contributed by atoms with Crippen LogP contribution in [0, 0.1) is 0 Å². The number of amides is 10. The first-order chi connectivity index (χ1) is 56.1. The average molecular weight is 1630 g/mol. The molecule has 5 atom stereocenters. The molecule has 0 unspecified atom stereocenters. The van der Waals surface area contributed by atoms with Crippen LogP contribution in [0.4, 0.5) is 0 Å². The minimum Gasteiger partial charge on any atom is -0.368 e. The molecule has 0 aliphatic carbocycles. The van der Waals surface area contributed by atoms with E-state index in [0.717, 1.165) is 315 Å². The quantitative estimate of drug-likeness (QED) is 0.0252. The Labute approximate surface area is 699 Å². The summed E-state index contributed by atoms with van der Waals surface area (Å²) in [7, 11) is 0. The molecule has 10 amide bonds. The number of nitrogens with one attached hydrogen (secondary N) is 9. The number of rotatable bonds is 88. The number of primary amides is 1. The Hall–Kier alpha value is -5.50. The molecular formula is C90H177N15O10. The van der Waals surface area contributed by atoms with E-state index < -0.39 is 36.1 Å². The predicted octanol–water partition coefficient (Wildman–Crippen LogP) is 13.5. The molecule has 0 fully saturated rings. The minimum absolute atomic E-state index is 0.0345. The van der Waals surface area contributed by atoms with Gasteiger partial charge < -0.3 is 82.3 Å². The molecule has 25 heteroatoms. The Morgan fingerprint density at radius 3 is 0.530 bits per heavy atom. The van der Waals surface area contributed by atoms with Crippen LogP contribution >= 0.6 is 0 Å². The monoisotopic (exact) mass is 1630 g/mol. The molecule has 0 bridgehead atoms. The van der Waals surface area contributed by atoms with Crippen molar-refractivity contribution < 1.29 is 47.9 Å². The van der Waals surface area contributed by atoms with E-state index in [1.54, 1.807) is 0 Å². The maximum atomic E-state index is 13.3. The van der Waals surface area contributed by atoms with Gasteiger partial charge in [0.15, 0.2) is 0 Å². The van der Waals surface area contributed by atoms with Crippen LogP contribution in [-0.4, -0.2) is 148 Å². The fourth-order valence-electron chi connectivity index (χ4n) is 14.7. The third kappa shape index (κ3) is 72.3.